The molecule has 6 nitrogen and oxygen atoms in total. The van der Waals surface area contributed by atoms with Gasteiger partial charge in [-0.3, -0.25) is 9.48 Å². The molecule has 3 aromatic rings. The van der Waals surface area contributed by atoms with Crippen LogP contribution in [0.2, 0.25) is 0 Å². The Labute approximate surface area is 177 Å². The van der Waals surface area contributed by atoms with Crippen LogP contribution in [-0.4, -0.2) is 34.1 Å². The van der Waals surface area contributed by atoms with E-state index in [-0.39, 0.29) is 12.5 Å². The van der Waals surface area contributed by atoms with Crippen LogP contribution in [0.15, 0.2) is 54.7 Å². The molecule has 2 heterocycles. The molecular weight excluding hydrogens is 376 g/mol. The standard InChI is InChI=1S/C24H28N4O2/c1-2-3-4-8-19-11-13-20(14-12-19)21-17-27(26-25-21)15-7-16-28-22-9-5-6-10-23(22)30-18-24(28)29/h5-6,9-14,17H,2-4,7-8,15-16,18H2,1H3. The van der Waals surface area contributed by atoms with Crippen LogP contribution < -0.4 is 9.64 Å². The zero-order chi connectivity index (χ0) is 20.8. The number of carbonyl (C=O) groups is 1. The van der Waals surface area contributed by atoms with Crippen molar-refractivity contribution in [1.29, 1.82) is 0 Å². The van der Waals surface area contributed by atoms with Gasteiger partial charge in [0.15, 0.2) is 6.61 Å². The van der Waals surface area contributed by atoms with Crippen molar-refractivity contribution in [3.05, 3.63) is 60.3 Å². The minimum absolute atomic E-state index is 0.00740. The number of para-hydroxylation sites is 2. The van der Waals surface area contributed by atoms with Crippen molar-refractivity contribution in [2.45, 2.75) is 45.6 Å². The van der Waals surface area contributed by atoms with Gasteiger partial charge in [0, 0.05) is 18.7 Å². The third-order valence-electron chi connectivity index (χ3n) is 5.43. The number of aryl methyl sites for hydroxylation is 2. The van der Waals surface area contributed by atoms with E-state index >= 15 is 0 Å². The average molecular weight is 405 g/mol. The summed E-state index contributed by atoms with van der Waals surface area (Å²) in [4.78, 5) is 14.1. The van der Waals surface area contributed by atoms with E-state index in [9.17, 15) is 4.79 Å². The number of benzene rings is 2. The predicted octanol–water partition coefficient (Wildman–Crippen LogP) is 4.49. The lowest BCUT2D eigenvalue weighted by Gasteiger charge is -2.29. The van der Waals surface area contributed by atoms with Gasteiger partial charge in [-0.05, 0) is 37.0 Å². The molecule has 0 radical (unpaired) electrons. The molecule has 4 rings (SSSR count). The summed E-state index contributed by atoms with van der Waals surface area (Å²) in [7, 11) is 0. The summed E-state index contributed by atoms with van der Waals surface area (Å²) in [5.41, 5.74) is 4.17. The molecule has 0 saturated heterocycles. The third kappa shape index (κ3) is 4.70. The van der Waals surface area contributed by atoms with Crippen LogP contribution >= 0.6 is 0 Å². The Kier molecular flexibility index (Phi) is 6.42. The lowest BCUT2D eigenvalue weighted by molar-refractivity contribution is -0.121. The smallest absolute Gasteiger partial charge is 0.265 e. The van der Waals surface area contributed by atoms with Crippen LogP contribution in [0.3, 0.4) is 0 Å². The molecule has 0 atom stereocenters. The number of fused-ring (bicyclic) bond motifs is 1. The summed E-state index contributed by atoms with van der Waals surface area (Å²) < 4.78 is 7.35. The molecule has 2 aromatic carbocycles. The Balaban J connectivity index is 1.33. The van der Waals surface area contributed by atoms with E-state index in [1.54, 1.807) is 4.90 Å². The maximum atomic E-state index is 12.3. The quantitative estimate of drug-likeness (QED) is 0.493. The summed E-state index contributed by atoms with van der Waals surface area (Å²) in [6, 6.07) is 16.3. The lowest BCUT2D eigenvalue weighted by atomic mass is 10.0. The highest BCUT2D eigenvalue weighted by molar-refractivity contribution is 5.97. The first-order valence-electron chi connectivity index (χ1n) is 10.8. The summed E-state index contributed by atoms with van der Waals surface area (Å²) >= 11 is 0. The predicted molar refractivity (Wildman–Crippen MR) is 118 cm³/mol. The van der Waals surface area contributed by atoms with Gasteiger partial charge in [0.05, 0.1) is 11.9 Å². The van der Waals surface area contributed by atoms with Gasteiger partial charge in [-0.2, -0.15) is 0 Å². The van der Waals surface area contributed by atoms with E-state index in [1.807, 2.05) is 35.1 Å². The zero-order valence-corrected chi connectivity index (χ0v) is 17.5. The number of nitrogens with zero attached hydrogens (tertiary/aromatic N) is 4. The molecule has 1 aliphatic heterocycles. The van der Waals surface area contributed by atoms with E-state index in [4.69, 9.17) is 4.74 Å². The van der Waals surface area contributed by atoms with Crippen LogP contribution in [0.4, 0.5) is 5.69 Å². The largest absolute Gasteiger partial charge is 0.482 e. The summed E-state index contributed by atoms with van der Waals surface area (Å²) in [5, 5.41) is 8.58. The van der Waals surface area contributed by atoms with Crippen LogP contribution in [0, 0.1) is 0 Å². The maximum Gasteiger partial charge on any atom is 0.265 e. The number of rotatable bonds is 9. The molecule has 1 amide bonds. The van der Waals surface area contributed by atoms with Gasteiger partial charge in [0.25, 0.3) is 5.91 Å². The molecule has 0 fully saturated rings. The highest BCUT2D eigenvalue weighted by atomic mass is 16.5. The van der Waals surface area contributed by atoms with Gasteiger partial charge < -0.3 is 9.64 Å². The van der Waals surface area contributed by atoms with Crippen molar-refractivity contribution in [3.8, 4) is 17.0 Å². The van der Waals surface area contributed by atoms with E-state index in [0.29, 0.717) is 13.1 Å². The molecule has 0 saturated carbocycles. The van der Waals surface area contributed by atoms with Crippen LogP contribution in [0.25, 0.3) is 11.3 Å². The molecule has 1 aliphatic rings. The number of amides is 1. The molecule has 156 valence electrons. The van der Waals surface area contributed by atoms with E-state index in [2.05, 4.69) is 41.5 Å². The number of unbranched alkanes of at least 4 members (excludes halogenated alkanes) is 2. The van der Waals surface area contributed by atoms with Gasteiger partial charge in [-0.1, -0.05) is 61.4 Å². The number of ether oxygens (including phenoxy) is 1. The fraction of sp³-hybridized carbons (Fsp3) is 0.375. The van der Waals surface area contributed by atoms with Gasteiger partial charge >= 0.3 is 0 Å². The van der Waals surface area contributed by atoms with Crippen molar-refractivity contribution in [3.63, 3.8) is 0 Å². The summed E-state index contributed by atoms with van der Waals surface area (Å²) in [5.74, 6) is 0.755. The molecular formula is C24H28N4O2. The normalized spacial score (nSPS) is 13.2. The Bertz CT molecular complexity index is 981. The van der Waals surface area contributed by atoms with Gasteiger partial charge in [-0.25, -0.2) is 0 Å². The van der Waals surface area contributed by atoms with E-state index < -0.39 is 0 Å². The van der Waals surface area contributed by atoms with Crippen LogP contribution in [-0.2, 0) is 17.8 Å². The molecule has 0 N–H and O–H groups in total. The molecule has 1 aromatic heterocycles. The van der Waals surface area contributed by atoms with Crippen molar-refractivity contribution in [2.75, 3.05) is 18.1 Å². The first-order valence-corrected chi connectivity index (χ1v) is 10.8. The maximum absolute atomic E-state index is 12.3. The molecule has 6 heteroatoms. The molecule has 0 spiro atoms. The van der Waals surface area contributed by atoms with Gasteiger partial charge in [-0.15, -0.1) is 5.10 Å². The lowest BCUT2D eigenvalue weighted by Crippen LogP contribution is -2.39. The summed E-state index contributed by atoms with van der Waals surface area (Å²) in [6.45, 7) is 3.65. The first-order chi connectivity index (χ1) is 14.7. The van der Waals surface area contributed by atoms with Gasteiger partial charge in [0.2, 0.25) is 0 Å². The number of carbonyl (C=O) groups excluding carboxylic acids is 1. The Morgan fingerprint density at radius 1 is 1.00 bits per heavy atom. The second-order valence-corrected chi connectivity index (χ2v) is 7.68. The monoisotopic (exact) mass is 404 g/mol. The Morgan fingerprint density at radius 2 is 1.83 bits per heavy atom. The fourth-order valence-electron chi connectivity index (χ4n) is 3.75. The molecule has 30 heavy (non-hydrogen) atoms. The summed E-state index contributed by atoms with van der Waals surface area (Å²) in [6.07, 6.45) is 7.65. The van der Waals surface area contributed by atoms with Crippen LogP contribution in [0.1, 0.15) is 38.2 Å². The highest BCUT2D eigenvalue weighted by Gasteiger charge is 2.24. The molecule has 0 bridgehead atoms. The fourth-order valence-corrected chi connectivity index (χ4v) is 3.75. The number of hydrogen-bond acceptors (Lipinski definition) is 4. The Hall–Kier alpha value is -3.15. The van der Waals surface area contributed by atoms with E-state index in [1.165, 1.54) is 24.8 Å². The van der Waals surface area contributed by atoms with Crippen LogP contribution in [0.5, 0.6) is 5.75 Å². The number of anilines is 1. The van der Waals surface area contributed by atoms with Crippen molar-refractivity contribution in [2.24, 2.45) is 0 Å². The molecule has 0 aliphatic carbocycles. The number of hydrogen-bond donors (Lipinski definition) is 0. The van der Waals surface area contributed by atoms with Crippen molar-refractivity contribution < 1.29 is 9.53 Å². The second-order valence-electron chi connectivity index (χ2n) is 7.68. The van der Waals surface area contributed by atoms with Gasteiger partial charge in [0.1, 0.15) is 11.4 Å². The minimum atomic E-state index is -0.00740. The van der Waals surface area contributed by atoms with Crippen molar-refractivity contribution >= 4 is 11.6 Å². The molecule has 0 unspecified atom stereocenters. The minimum Gasteiger partial charge on any atom is -0.482 e. The highest BCUT2D eigenvalue weighted by Crippen LogP contribution is 2.31. The average Bonchev–Trinajstić information content (AvgIpc) is 3.25. The zero-order valence-electron chi connectivity index (χ0n) is 17.5. The van der Waals surface area contributed by atoms with E-state index in [0.717, 1.165) is 35.5 Å². The van der Waals surface area contributed by atoms with Crippen molar-refractivity contribution in [1.82, 2.24) is 15.0 Å². The SMILES string of the molecule is CCCCCc1ccc(-c2cn(CCCN3C(=O)COc4ccccc43)nn2)cc1. The number of aromatic nitrogens is 3. The topological polar surface area (TPSA) is 60.2 Å². The first kappa shape index (κ1) is 20.1. The second kappa shape index (κ2) is 9.57. The third-order valence-corrected chi connectivity index (χ3v) is 5.43. The Morgan fingerprint density at radius 3 is 2.67 bits per heavy atom.